The van der Waals surface area contributed by atoms with Crippen molar-refractivity contribution in [3.63, 3.8) is 0 Å². The van der Waals surface area contributed by atoms with Crippen LogP contribution in [0, 0.1) is 40.4 Å². The van der Waals surface area contributed by atoms with Crippen molar-refractivity contribution in [3.8, 4) is 0 Å². The Morgan fingerprint density at radius 1 is 0.839 bits per heavy atom. The molecular weight excluding hydrogens is 380 g/mol. The van der Waals surface area contributed by atoms with Crippen molar-refractivity contribution in [3.05, 3.63) is 0 Å². The molecule has 9 atom stereocenters. The second-order valence-corrected chi connectivity index (χ2v) is 13.7. The first kappa shape index (κ1) is 24.1. The molecule has 31 heavy (non-hydrogen) atoms. The van der Waals surface area contributed by atoms with Crippen LogP contribution in [0.15, 0.2) is 0 Å². The summed E-state index contributed by atoms with van der Waals surface area (Å²) < 4.78 is 0. The molecule has 0 saturated heterocycles. The summed E-state index contributed by atoms with van der Waals surface area (Å²) in [6.45, 7) is 11.6. The van der Waals surface area contributed by atoms with E-state index in [1.165, 1.54) is 64.2 Å². The summed E-state index contributed by atoms with van der Waals surface area (Å²) >= 11 is 0. The lowest BCUT2D eigenvalue weighted by atomic mass is 9.44. The number of fused-ring (bicyclic) bond motifs is 5. The van der Waals surface area contributed by atoms with Gasteiger partial charge in [0.2, 0.25) is 0 Å². The van der Waals surface area contributed by atoms with Crippen molar-refractivity contribution in [1.82, 2.24) is 0 Å². The van der Waals surface area contributed by atoms with Crippen LogP contribution in [-0.2, 0) is 0 Å². The van der Waals surface area contributed by atoms with Crippen LogP contribution < -0.4 is 0 Å². The van der Waals surface area contributed by atoms with Crippen LogP contribution in [0.25, 0.3) is 0 Å². The largest absolute Gasteiger partial charge is 0.390 e. The summed E-state index contributed by atoms with van der Waals surface area (Å²) in [6, 6.07) is 0. The second kappa shape index (κ2) is 8.61. The Balaban J connectivity index is 1.39. The van der Waals surface area contributed by atoms with Gasteiger partial charge >= 0.3 is 0 Å². The molecule has 4 rings (SSSR count). The van der Waals surface area contributed by atoms with Gasteiger partial charge in [-0.25, -0.2) is 0 Å². The van der Waals surface area contributed by atoms with Gasteiger partial charge in [0.15, 0.2) is 0 Å². The van der Waals surface area contributed by atoms with Crippen LogP contribution in [0.5, 0.6) is 0 Å². The molecule has 0 aromatic carbocycles. The van der Waals surface area contributed by atoms with Crippen molar-refractivity contribution < 1.29 is 10.2 Å². The zero-order chi connectivity index (χ0) is 22.5. The van der Waals surface area contributed by atoms with Crippen molar-refractivity contribution in [2.24, 2.45) is 40.4 Å². The maximum absolute atomic E-state index is 10.7. The molecule has 2 nitrogen and oxygen atoms in total. The van der Waals surface area contributed by atoms with E-state index >= 15 is 0 Å². The van der Waals surface area contributed by atoms with Gasteiger partial charge in [0.25, 0.3) is 0 Å². The second-order valence-electron chi connectivity index (χ2n) is 13.7. The van der Waals surface area contributed by atoms with Crippen LogP contribution in [0.1, 0.15) is 131 Å². The third-order valence-corrected chi connectivity index (χ3v) is 11.5. The van der Waals surface area contributed by atoms with E-state index in [2.05, 4.69) is 34.6 Å². The summed E-state index contributed by atoms with van der Waals surface area (Å²) in [7, 11) is 0. The molecule has 4 aliphatic carbocycles. The Bertz CT molecular complexity index is 624. The molecule has 0 aromatic rings. The predicted octanol–water partition coefficient (Wildman–Crippen LogP) is 7.51. The SMILES string of the molecule is CCCCC(C)(O)CCC[C@H]1CCC2C3CCC4C[C@@](C)(O)CCC4(C)C3CCC21C. The van der Waals surface area contributed by atoms with E-state index in [0.29, 0.717) is 10.8 Å². The highest BCUT2D eigenvalue weighted by Gasteiger charge is 2.60. The minimum atomic E-state index is -0.457. The van der Waals surface area contributed by atoms with Gasteiger partial charge in [-0.3, -0.25) is 0 Å². The lowest BCUT2D eigenvalue weighted by Crippen LogP contribution is -2.55. The van der Waals surface area contributed by atoms with Crippen molar-refractivity contribution in [2.45, 2.75) is 142 Å². The molecule has 2 heteroatoms. The summed E-state index contributed by atoms with van der Waals surface area (Å²) in [5, 5.41) is 21.4. The van der Waals surface area contributed by atoms with E-state index < -0.39 is 11.2 Å². The molecule has 2 N–H and O–H groups in total. The summed E-state index contributed by atoms with van der Waals surface area (Å²) in [5.74, 6) is 4.37. The Labute approximate surface area is 193 Å². The molecule has 0 bridgehead atoms. The van der Waals surface area contributed by atoms with Crippen molar-refractivity contribution in [1.29, 1.82) is 0 Å². The molecule has 0 heterocycles. The molecule has 0 aromatic heterocycles. The molecular formula is C29H52O2. The van der Waals surface area contributed by atoms with Crippen molar-refractivity contribution in [2.75, 3.05) is 0 Å². The van der Waals surface area contributed by atoms with E-state index in [1.807, 2.05) is 0 Å². The third kappa shape index (κ3) is 4.51. The van der Waals surface area contributed by atoms with E-state index in [9.17, 15) is 10.2 Å². The summed E-state index contributed by atoms with van der Waals surface area (Å²) in [6.07, 6.45) is 18.6. The maximum atomic E-state index is 10.7. The Morgan fingerprint density at radius 2 is 1.55 bits per heavy atom. The van der Waals surface area contributed by atoms with Crippen LogP contribution in [0.3, 0.4) is 0 Å². The van der Waals surface area contributed by atoms with E-state index in [0.717, 1.165) is 61.7 Å². The monoisotopic (exact) mass is 432 g/mol. The lowest BCUT2D eigenvalue weighted by molar-refractivity contribution is -0.146. The Morgan fingerprint density at radius 3 is 2.29 bits per heavy atom. The zero-order valence-electron chi connectivity index (χ0n) is 21.4. The van der Waals surface area contributed by atoms with Crippen LogP contribution in [-0.4, -0.2) is 21.4 Å². The average Bonchev–Trinajstić information content (AvgIpc) is 3.03. The van der Waals surface area contributed by atoms with Gasteiger partial charge in [-0.05, 0) is 131 Å². The smallest absolute Gasteiger partial charge is 0.0622 e. The first-order valence-electron chi connectivity index (χ1n) is 14.0. The van der Waals surface area contributed by atoms with Crippen LogP contribution in [0.4, 0.5) is 0 Å². The minimum Gasteiger partial charge on any atom is -0.390 e. The highest BCUT2D eigenvalue weighted by Crippen LogP contribution is 2.68. The fourth-order valence-electron chi connectivity index (χ4n) is 9.43. The highest BCUT2D eigenvalue weighted by molar-refractivity contribution is 5.10. The number of rotatable bonds is 7. The molecule has 0 aliphatic heterocycles. The Hall–Kier alpha value is -0.0800. The quantitative estimate of drug-likeness (QED) is 0.437. The molecule has 4 aliphatic rings. The summed E-state index contributed by atoms with van der Waals surface area (Å²) in [4.78, 5) is 0. The predicted molar refractivity (Wildman–Crippen MR) is 130 cm³/mol. The fraction of sp³-hybridized carbons (Fsp3) is 1.00. The average molecular weight is 433 g/mol. The molecule has 0 amide bonds. The molecule has 4 fully saturated rings. The molecule has 0 spiro atoms. The van der Waals surface area contributed by atoms with Crippen LogP contribution in [0.2, 0.25) is 0 Å². The van der Waals surface area contributed by atoms with Gasteiger partial charge in [0, 0.05) is 0 Å². The molecule has 7 unspecified atom stereocenters. The van der Waals surface area contributed by atoms with Gasteiger partial charge in [-0.15, -0.1) is 0 Å². The van der Waals surface area contributed by atoms with Gasteiger partial charge < -0.3 is 10.2 Å². The van der Waals surface area contributed by atoms with Crippen LogP contribution >= 0.6 is 0 Å². The minimum absolute atomic E-state index is 0.420. The maximum Gasteiger partial charge on any atom is 0.0622 e. The standard InChI is InChI=1S/C29H52O2/c1-6-7-15-26(2,30)16-8-9-21-11-13-24-23-12-10-22-20-27(3,31)18-19-29(22,5)25(23)14-17-28(21,24)4/h21-25,30-31H,6-20H2,1-5H3/t21-,22?,23?,24?,25?,26?,27-,28?,29?/m0/s1. The van der Waals surface area contributed by atoms with Gasteiger partial charge in [-0.2, -0.15) is 0 Å². The normalized spacial score (nSPS) is 49.1. The number of aliphatic hydroxyl groups is 2. The fourth-order valence-corrected chi connectivity index (χ4v) is 9.43. The highest BCUT2D eigenvalue weighted by atomic mass is 16.3. The zero-order valence-corrected chi connectivity index (χ0v) is 21.4. The van der Waals surface area contributed by atoms with E-state index in [-0.39, 0.29) is 0 Å². The topological polar surface area (TPSA) is 40.5 Å². The number of hydrogen-bond acceptors (Lipinski definition) is 2. The van der Waals surface area contributed by atoms with Gasteiger partial charge in [0.05, 0.1) is 11.2 Å². The first-order valence-corrected chi connectivity index (χ1v) is 14.0. The summed E-state index contributed by atoms with van der Waals surface area (Å²) in [5.41, 5.74) is 0.140. The number of unbranched alkanes of at least 4 members (excludes halogenated alkanes) is 1. The molecule has 4 saturated carbocycles. The molecule has 0 radical (unpaired) electrons. The lowest BCUT2D eigenvalue weighted by Gasteiger charge is -2.62. The first-order chi connectivity index (χ1) is 14.5. The van der Waals surface area contributed by atoms with Crippen molar-refractivity contribution >= 4 is 0 Å². The molecule has 180 valence electrons. The third-order valence-electron chi connectivity index (χ3n) is 11.5. The van der Waals surface area contributed by atoms with E-state index in [1.54, 1.807) is 0 Å². The number of hydrogen-bond donors (Lipinski definition) is 2. The van der Waals surface area contributed by atoms with E-state index in [4.69, 9.17) is 0 Å². The van der Waals surface area contributed by atoms with Gasteiger partial charge in [-0.1, -0.05) is 40.0 Å². The Kier molecular flexibility index (Phi) is 6.68. The van der Waals surface area contributed by atoms with Gasteiger partial charge in [0.1, 0.15) is 0 Å².